The van der Waals surface area contributed by atoms with Gasteiger partial charge in [-0.25, -0.2) is 17.7 Å². The molecule has 2 saturated heterocycles. The summed E-state index contributed by atoms with van der Waals surface area (Å²) in [6.07, 6.45) is 0.0473. The van der Waals surface area contributed by atoms with Crippen LogP contribution in [0.4, 0.5) is 10.1 Å². The molecule has 2 aliphatic rings. The number of carbonyl (C=O) groups is 2. The van der Waals surface area contributed by atoms with Crippen LogP contribution in [-0.4, -0.2) is 61.7 Å². The number of sulfonamides is 1. The Kier molecular flexibility index (Phi) is 5.48. The topological polar surface area (TPSA) is 78.0 Å². The van der Waals surface area contributed by atoms with Crippen molar-refractivity contribution in [3.63, 3.8) is 0 Å². The molecule has 0 bridgehead atoms. The highest BCUT2D eigenvalue weighted by Crippen LogP contribution is 2.29. The van der Waals surface area contributed by atoms with Gasteiger partial charge in [0.2, 0.25) is 15.9 Å². The first-order chi connectivity index (χ1) is 15.9. The molecule has 0 radical (unpaired) electrons. The Morgan fingerprint density at radius 3 is 2.21 bits per heavy atom. The van der Waals surface area contributed by atoms with Crippen LogP contribution in [0.3, 0.4) is 0 Å². The average Bonchev–Trinajstić information content (AvgIpc) is 3.12. The minimum absolute atomic E-state index is 0.0473. The number of benzene rings is 3. The van der Waals surface area contributed by atoms with Crippen LogP contribution in [0.2, 0.25) is 0 Å². The van der Waals surface area contributed by atoms with Crippen LogP contribution in [0.15, 0.2) is 71.6 Å². The van der Waals surface area contributed by atoms with Crippen LogP contribution in [0, 0.1) is 5.82 Å². The summed E-state index contributed by atoms with van der Waals surface area (Å²) >= 11 is 0. The van der Waals surface area contributed by atoms with Gasteiger partial charge in [0, 0.05) is 26.2 Å². The van der Waals surface area contributed by atoms with E-state index in [1.165, 1.54) is 27.4 Å². The molecule has 0 aromatic heterocycles. The van der Waals surface area contributed by atoms with E-state index in [-0.39, 0.29) is 49.3 Å². The average molecular weight is 468 g/mol. The monoisotopic (exact) mass is 467 g/mol. The number of rotatable bonds is 4. The van der Waals surface area contributed by atoms with Gasteiger partial charge in [-0.15, -0.1) is 0 Å². The van der Waals surface area contributed by atoms with Crippen LogP contribution >= 0.6 is 0 Å². The molecule has 9 heteroatoms. The van der Waals surface area contributed by atoms with Gasteiger partial charge in [-0.3, -0.25) is 14.5 Å². The number of hydrogen-bond acceptors (Lipinski definition) is 5. The number of nitrogens with zero attached hydrogens (tertiary/aromatic N) is 3. The van der Waals surface area contributed by atoms with Crippen molar-refractivity contribution < 1.29 is 22.4 Å². The van der Waals surface area contributed by atoms with Gasteiger partial charge < -0.3 is 0 Å². The number of imide groups is 1. The van der Waals surface area contributed by atoms with Crippen LogP contribution in [0.25, 0.3) is 10.8 Å². The van der Waals surface area contributed by atoms with Crippen molar-refractivity contribution in [1.82, 2.24) is 9.21 Å². The minimum atomic E-state index is -3.97. The molecule has 1 atom stereocenters. The number of halogens is 1. The molecule has 33 heavy (non-hydrogen) atoms. The molecule has 2 amide bonds. The van der Waals surface area contributed by atoms with Crippen LogP contribution in [0.5, 0.6) is 0 Å². The lowest BCUT2D eigenvalue weighted by Crippen LogP contribution is -2.53. The van der Waals surface area contributed by atoms with E-state index in [1.54, 1.807) is 6.07 Å². The normalized spacial score (nSPS) is 20.6. The van der Waals surface area contributed by atoms with E-state index in [9.17, 15) is 22.4 Å². The predicted octanol–water partition coefficient (Wildman–Crippen LogP) is 2.62. The lowest BCUT2D eigenvalue weighted by Gasteiger charge is -2.36. The Labute approximate surface area is 191 Å². The number of anilines is 1. The summed E-state index contributed by atoms with van der Waals surface area (Å²) in [5.41, 5.74) is 0.534. The summed E-state index contributed by atoms with van der Waals surface area (Å²) in [7, 11) is -3.97. The molecule has 5 rings (SSSR count). The molecule has 7 nitrogen and oxygen atoms in total. The molecule has 0 N–H and O–H groups in total. The zero-order valence-corrected chi connectivity index (χ0v) is 18.5. The van der Waals surface area contributed by atoms with Gasteiger partial charge in [0.05, 0.1) is 18.2 Å². The molecule has 1 unspecified atom stereocenters. The third-order valence-corrected chi connectivity index (χ3v) is 8.21. The van der Waals surface area contributed by atoms with Gasteiger partial charge in [0.15, 0.2) is 0 Å². The quantitative estimate of drug-likeness (QED) is 0.552. The number of hydrogen-bond donors (Lipinski definition) is 0. The van der Waals surface area contributed by atoms with E-state index in [1.807, 2.05) is 41.3 Å². The Morgan fingerprint density at radius 2 is 1.48 bits per heavy atom. The largest absolute Gasteiger partial charge is 0.289 e. The number of carbonyl (C=O) groups excluding carboxylic acids is 2. The zero-order chi connectivity index (χ0) is 23.2. The summed E-state index contributed by atoms with van der Waals surface area (Å²) in [6, 6.07) is 17.8. The van der Waals surface area contributed by atoms with Gasteiger partial charge in [0.25, 0.3) is 5.91 Å². The Hall–Kier alpha value is -3.14. The van der Waals surface area contributed by atoms with Gasteiger partial charge in [-0.1, -0.05) is 42.5 Å². The van der Waals surface area contributed by atoms with Gasteiger partial charge in [0.1, 0.15) is 10.7 Å². The van der Waals surface area contributed by atoms with Crippen LogP contribution in [0.1, 0.15) is 6.42 Å². The molecule has 2 aliphatic heterocycles. The Morgan fingerprint density at radius 1 is 0.818 bits per heavy atom. The van der Waals surface area contributed by atoms with Crippen molar-refractivity contribution in [2.75, 3.05) is 31.1 Å². The molecule has 2 fully saturated rings. The standard InChI is InChI=1S/C24H22FN3O4S/c25-20-7-3-4-8-22(20)33(31,32)27-13-11-26(12-14-27)21-16-23(29)28(24(21)30)19-10-9-17-5-1-2-6-18(17)15-19/h1-10,15,21H,11-14,16H2. The van der Waals surface area contributed by atoms with Crippen molar-refractivity contribution in [1.29, 1.82) is 0 Å². The summed E-state index contributed by atoms with van der Waals surface area (Å²) < 4.78 is 41.0. The highest BCUT2D eigenvalue weighted by atomic mass is 32.2. The van der Waals surface area contributed by atoms with E-state index in [0.717, 1.165) is 16.8 Å². The van der Waals surface area contributed by atoms with Gasteiger partial charge in [-0.2, -0.15) is 4.31 Å². The fourth-order valence-corrected chi connectivity index (χ4v) is 6.02. The number of fused-ring (bicyclic) bond motifs is 1. The highest BCUT2D eigenvalue weighted by Gasteiger charge is 2.44. The van der Waals surface area contributed by atoms with Crippen LogP contribution < -0.4 is 4.90 Å². The molecular formula is C24H22FN3O4S. The summed E-state index contributed by atoms with van der Waals surface area (Å²) in [5.74, 6) is -1.37. The lowest BCUT2D eigenvalue weighted by molar-refractivity contribution is -0.123. The SMILES string of the molecule is O=C1CC(N2CCN(S(=O)(=O)c3ccccc3F)CC2)C(=O)N1c1ccc2ccccc2c1. The van der Waals surface area contributed by atoms with Crippen molar-refractivity contribution >= 4 is 38.3 Å². The second kappa shape index (κ2) is 8.33. The third-order valence-electron chi connectivity index (χ3n) is 6.28. The molecule has 0 saturated carbocycles. The summed E-state index contributed by atoms with van der Waals surface area (Å²) in [4.78, 5) is 28.6. The van der Waals surface area contributed by atoms with E-state index in [0.29, 0.717) is 5.69 Å². The van der Waals surface area contributed by atoms with E-state index in [2.05, 4.69) is 0 Å². The van der Waals surface area contributed by atoms with E-state index < -0.39 is 21.9 Å². The molecule has 3 aromatic rings. The second-order valence-corrected chi connectivity index (χ2v) is 10.1. The van der Waals surface area contributed by atoms with E-state index in [4.69, 9.17) is 0 Å². The smallest absolute Gasteiger partial charge is 0.251 e. The molecule has 170 valence electrons. The van der Waals surface area contributed by atoms with Gasteiger partial charge >= 0.3 is 0 Å². The summed E-state index contributed by atoms with van der Waals surface area (Å²) in [5, 5.41) is 1.95. The fourth-order valence-electron chi connectivity index (χ4n) is 4.54. The first kappa shape index (κ1) is 21.7. The Balaban J connectivity index is 1.31. The highest BCUT2D eigenvalue weighted by molar-refractivity contribution is 7.89. The first-order valence-corrected chi connectivity index (χ1v) is 12.1. The molecule has 2 heterocycles. The first-order valence-electron chi connectivity index (χ1n) is 10.7. The minimum Gasteiger partial charge on any atom is -0.289 e. The van der Waals surface area contributed by atoms with Crippen molar-refractivity contribution in [3.05, 3.63) is 72.5 Å². The molecule has 3 aromatic carbocycles. The maximum absolute atomic E-state index is 14.1. The zero-order valence-electron chi connectivity index (χ0n) is 17.7. The lowest BCUT2D eigenvalue weighted by atomic mass is 10.1. The molecular weight excluding hydrogens is 445 g/mol. The van der Waals surface area contributed by atoms with Crippen LogP contribution in [-0.2, 0) is 19.6 Å². The maximum atomic E-state index is 14.1. The number of amides is 2. The molecule has 0 spiro atoms. The van der Waals surface area contributed by atoms with Crippen molar-refractivity contribution in [3.8, 4) is 0 Å². The van der Waals surface area contributed by atoms with Gasteiger partial charge in [-0.05, 0) is 35.0 Å². The summed E-state index contributed by atoms with van der Waals surface area (Å²) in [6.45, 7) is 0.793. The maximum Gasteiger partial charge on any atom is 0.251 e. The Bertz CT molecular complexity index is 1350. The second-order valence-electron chi connectivity index (χ2n) is 8.19. The van der Waals surface area contributed by atoms with Crippen molar-refractivity contribution in [2.45, 2.75) is 17.4 Å². The fraction of sp³-hybridized carbons (Fsp3) is 0.250. The molecule has 0 aliphatic carbocycles. The number of piperazine rings is 1. The van der Waals surface area contributed by atoms with E-state index >= 15 is 0 Å². The third kappa shape index (κ3) is 3.82. The van der Waals surface area contributed by atoms with Crippen molar-refractivity contribution in [2.24, 2.45) is 0 Å². The predicted molar refractivity (Wildman–Crippen MR) is 122 cm³/mol.